The quantitative estimate of drug-likeness (QED) is 0.923. The number of amides is 1. The van der Waals surface area contributed by atoms with E-state index in [1.165, 1.54) is 5.56 Å². The number of carbonyl (C=O) groups is 1. The van der Waals surface area contributed by atoms with Crippen LogP contribution in [0.3, 0.4) is 0 Å². The van der Waals surface area contributed by atoms with Gasteiger partial charge < -0.3 is 5.32 Å². The molecule has 2 fully saturated rings. The average molecular weight is 349 g/mol. The van der Waals surface area contributed by atoms with E-state index in [0.717, 1.165) is 43.7 Å². The van der Waals surface area contributed by atoms with Crippen LogP contribution in [0.2, 0.25) is 0 Å². The summed E-state index contributed by atoms with van der Waals surface area (Å²) in [7, 11) is 0. The van der Waals surface area contributed by atoms with Gasteiger partial charge in [-0.25, -0.2) is 0 Å². The van der Waals surface area contributed by atoms with Gasteiger partial charge in [0.15, 0.2) is 0 Å². The summed E-state index contributed by atoms with van der Waals surface area (Å²) in [5.41, 5.74) is 3.50. The van der Waals surface area contributed by atoms with E-state index in [1.54, 1.807) is 0 Å². The number of rotatable bonds is 3. The molecule has 0 aliphatic carbocycles. The maximum absolute atomic E-state index is 12.3. The Bertz CT molecular complexity index is 761. The molecule has 2 saturated heterocycles. The Balaban J connectivity index is 1.62. The fourth-order valence-corrected chi connectivity index (χ4v) is 4.54. The van der Waals surface area contributed by atoms with Gasteiger partial charge in [0.1, 0.15) is 0 Å². The van der Waals surface area contributed by atoms with Crippen LogP contribution >= 0.6 is 0 Å². The van der Waals surface area contributed by atoms with Crippen LogP contribution in [0.1, 0.15) is 48.6 Å². The van der Waals surface area contributed by atoms with Crippen LogP contribution < -0.4 is 5.32 Å². The van der Waals surface area contributed by atoms with Gasteiger partial charge in [-0.05, 0) is 37.5 Å². The number of benzene rings is 1. The van der Waals surface area contributed by atoms with Gasteiger partial charge in [0.05, 0.1) is 11.7 Å². The Morgan fingerprint density at radius 3 is 2.77 bits per heavy atom. The van der Waals surface area contributed by atoms with E-state index in [9.17, 15) is 4.79 Å². The Labute approximate surface area is 155 Å². The predicted molar refractivity (Wildman–Crippen MR) is 103 cm³/mol. The minimum atomic E-state index is 0.190. The molecule has 26 heavy (non-hydrogen) atoms. The number of aromatic nitrogens is 1. The second-order valence-electron chi connectivity index (χ2n) is 7.62. The van der Waals surface area contributed by atoms with Gasteiger partial charge in [-0.2, -0.15) is 0 Å². The highest BCUT2D eigenvalue weighted by atomic mass is 16.1. The van der Waals surface area contributed by atoms with Crippen molar-refractivity contribution in [3.8, 4) is 0 Å². The number of nitrogens with zero attached hydrogens (tertiary/aromatic N) is 2. The summed E-state index contributed by atoms with van der Waals surface area (Å²) in [6, 6.07) is 17.4. The summed E-state index contributed by atoms with van der Waals surface area (Å²) in [6.07, 6.45) is 3.90. The molecule has 0 spiro atoms. The van der Waals surface area contributed by atoms with Crippen LogP contribution in [0.5, 0.6) is 0 Å². The van der Waals surface area contributed by atoms with Crippen molar-refractivity contribution in [2.45, 2.75) is 57.2 Å². The van der Waals surface area contributed by atoms with Crippen molar-refractivity contribution in [2.75, 3.05) is 6.54 Å². The number of pyridine rings is 1. The molecule has 2 aromatic rings. The molecule has 1 aromatic heterocycles. The summed E-state index contributed by atoms with van der Waals surface area (Å²) in [4.78, 5) is 19.6. The van der Waals surface area contributed by atoms with E-state index in [2.05, 4.69) is 52.7 Å². The SMILES string of the molecule is Cc1cccc(CN2C[C@@H](c3ccccc3)[C@@H]3NC(=O)CCCC[C@H]32)n1. The molecule has 0 saturated carbocycles. The first-order chi connectivity index (χ1) is 12.7. The number of hydrogen-bond acceptors (Lipinski definition) is 3. The molecule has 0 bridgehead atoms. The molecule has 2 aliphatic rings. The van der Waals surface area contributed by atoms with Gasteiger partial charge in [0.2, 0.25) is 5.91 Å². The summed E-state index contributed by atoms with van der Waals surface area (Å²) in [5.74, 6) is 0.546. The Morgan fingerprint density at radius 2 is 1.96 bits per heavy atom. The Kier molecular flexibility index (Phi) is 5.02. The molecule has 3 atom stereocenters. The highest BCUT2D eigenvalue weighted by molar-refractivity contribution is 5.76. The first-order valence-corrected chi connectivity index (χ1v) is 9.71. The largest absolute Gasteiger partial charge is 0.351 e. The average Bonchev–Trinajstić information content (AvgIpc) is 2.94. The number of carbonyl (C=O) groups excluding carboxylic acids is 1. The van der Waals surface area contributed by atoms with Gasteiger partial charge in [-0.15, -0.1) is 0 Å². The normalized spacial score (nSPS) is 26.7. The zero-order chi connectivity index (χ0) is 17.9. The lowest BCUT2D eigenvalue weighted by molar-refractivity contribution is -0.122. The van der Waals surface area contributed by atoms with Gasteiger partial charge in [-0.1, -0.05) is 42.8 Å². The number of hydrogen-bond donors (Lipinski definition) is 1. The lowest BCUT2D eigenvalue weighted by Gasteiger charge is -2.31. The Hall–Kier alpha value is -2.20. The molecular formula is C22H27N3O. The molecule has 2 aliphatic heterocycles. The molecule has 4 nitrogen and oxygen atoms in total. The van der Waals surface area contributed by atoms with Crippen molar-refractivity contribution < 1.29 is 4.79 Å². The van der Waals surface area contributed by atoms with Crippen LogP contribution in [-0.2, 0) is 11.3 Å². The third kappa shape index (κ3) is 3.65. The molecule has 1 aromatic carbocycles. The monoisotopic (exact) mass is 349 g/mol. The maximum Gasteiger partial charge on any atom is 0.220 e. The van der Waals surface area contributed by atoms with E-state index in [4.69, 9.17) is 4.98 Å². The molecule has 4 rings (SSSR count). The topological polar surface area (TPSA) is 45.2 Å². The van der Waals surface area contributed by atoms with Crippen LogP contribution in [0.15, 0.2) is 48.5 Å². The van der Waals surface area contributed by atoms with Crippen molar-refractivity contribution in [1.29, 1.82) is 0 Å². The van der Waals surface area contributed by atoms with Crippen LogP contribution in [0, 0.1) is 6.92 Å². The van der Waals surface area contributed by atoms with Crippen molar-refractivity contribution in [2.24, 2.45) is 0 Å². The van der Waals surface area contributed by atoms with Gasteiger partial charge in [0, 0.05) is 37.2 Å². The number of nitrogens with one attached hydrogen (secondary N) is 1. The fourth-order valence-electron chi connectivity index (χ4n) is 4.54. The van der Waals surface area contributed by atoms with E-state index >= 15 is 0 Å². The third-order valence-electron chi connectivity index (χ3n) is 5.77. The number of likely N-dealkylation sites (tertiary alicyclic amines) is 1. The summed E-state index contributed by atoms with van der Waals surface area (Å²) in [5, 5.41) is 3.36. The van der Waals surface area contributed by atoms with E-state index in [-0.39, 0.29) is 11.9 Å². The second-order valence-corrected chi connectivity index (χ2v) is 7.62. The summed E-state index contributed by atoms with van der Waals surface area (Å²) >= 11 is 0. The van der Waals surface area contributed by atoms with Crippen molar-refractivity contribution in [1.82, 2.24) is 15.2 Å². The van der Waals surface area contributed by atoms with Crippen molar-refractivity contribution >= 4 is 5.91 Å². The van der Waals surface area contributed by atoms with Gasteiger partial charge in [-0.3, -0.25) is 14.7 Å². The second kappa shape index (κ2) is 7.58. The maximum atomic E-state index is 12.3. The van der Waals surface area contributed by atoms with Crippen LogP contribution in [0.25, 0.3) is 0 Å². The lowest BCUT2D eigenvalue weighted by atomic mass is 9.88. The zero-order valence-corrected chi connectivity index (χ0v) is 15.4. The standard InChI is InChI=1S/C22H27N3O/c1-16-8-7-11-18(23-16)14-25-15-19(17-9-3-2-4-10-17)22-20(25)12-5-6-13-21(26)24-22/h2-4,7-11,19-20,22H,5-6,12-15H2,1H3,(H,24,26)/t19-,20+,22-/m0/s1. The highest BCUT2D eigenvalue weighted by Gasteiger charge is 2.43. The molecule has 136 valence electrons. The smallest absolute Gasteiger partial charge is 0.220 e. The van der Waals surface area contributed by atoms with Crippen molar-refractivity contribution in [3.63, 3.8) is 0 Å². The Morgan fingerprint density at radius 1 is 1.12 bits per heavy atom. The molecule has 1 amide bonds. The van der Waals surface area contributed by atoms with Crippen LogP contribution in [0.4, 0.5) is 0 Å². The summed E-state index contributed by atoms with van der Waals surface area (Å²) in [6.45, 7) is 3.86. The molecule has 0 unspecified atom stereocenters. The molecule has 0 radical (unpaired) electrons. The molecule has 1 N–H and O–H groups in total. The van der Waals surface area contributed by atoms with Gasteiger partial charge >= 0.3 is 0 Å². The minimum absolute atomic E-state index is 0.190. The third-order valence-corrected chi connectivity index (χ3v) is 5.77. The first-order valence-electron chi connectivity index (χ1n) is 9.71. The summed E-state index contributed by atoms with van der Waals surface area (Å²) < 4.78 is 0. The molecule has 3 heterocycles. The van der Waals surface area contributed by atoms with Gasteiger partial charge in [0.25, 0.3) is 0 Å². The van der Waals surface area contributed by atoms with E-state index in [0.29, 0.717) is 18.4 Å². The first kappa shape index (κ1) is 17.2. The predicted octanol–water partition coefficient (Wildman–Crippen LogP) is 3.42. The van der Waals surface area contributed by atoms with Crippen LogP contribution in [-0.4, -0.2) is 34.4 Å². The van der Waals surface area contributed by atoms with E-state index in [1.807, 2.05) is 13.0 Å². The molecular weight excluding hydrogens is 322 g/mol. The lowest BCUT2D eigenvalue weighted by Crippen LogP contribution is -2.47. The van der Waals surface area contributed by atoms with E-state index < -0.39 is 0 Å². The van der Waals surface area contributed by atoms with Crippen molar-refractivity contribution in [3.05, 3.63) is 65.5 Å². The fraction of sp³-hybridized carbons (Fsp3) is 0.455. The zero-order valence-electron chi connectivity index (χ0n) is 15.4. The molecule has 4 heteroatoms. The minimum Gasteiger partial charge on any atom is -0.351 e. The highest BCUT2D eigenvalue weighted by Crippen LogP contribution is 2.36. The number of aryl methyl sites for hydroxylation is 1. The number of fused-ring (bicyclic) bond motifs is 1.